The second kappa shape index (κ2) is 6.43. The Labute approximate surface area is 132 Å². The first kappa shape index (κ1) is 17.7. The Morgan fingerprint density at radius 1 is 1.46 bits per heavy atom. The first-order valence-electron chi connectivity index (χ1n) is 6.47. The molecule has 2 rings (SSSR count). The summed E-state index contributed by atoms with van der Waals surface area (Å²) in [6.45, 7) is -1.18. The second-order valence-corrected chi connectivity index (χ2v) is 4.76. The topological polar surface area (TPSA) is 164 Å². The van der Waals surface area contributed by atoms with E-state index < -0.39 is 30.6 Å². The Balaban J connectivity index is 2.58. The Morgan fingerprint density at radius 2 is 2.12 bits per heavy atom. The number of hydrogen-bond acceptors (Lipinski definition) is 8. The molecular formula is C12H13F2N5O5. The molecule has 130 valence electrons. The third-order valence-electron chi connectivity index (χ3n) is 3.25. The van der Waals surface area contributed by atoms with Crippen LogP contribution in [0, 0.1) is 0 Å². The molecule has 0 radical (unpaired) electrons. The van der Waals surface area contributed by atoms with Gasteiger partial charge in [0.2, 0.25) is 6.41 Å². The summed E-state index contributed by atoms with van der Waals surface area (Å²) in [7, 11) is 0. The molecule has 2 heterocycles. The highest BCUT2D eigenvalue weighted by atomic mass is 19.3. The van der Waals surface area contributed by atoms with Crippen LogP contribution in [0.25, 0.3) is 11.0 Å². The summed E-state index contributed by atoms with van der Waals surface area (Å²) < 4.78 is 28.6. The molecular weight excluding hydrogens is 332 g/mol. The predicted molar refractivity (Wildman–Crippen MR) is 76.3 cm³/mol. The summed E-state index contributed by atoms with van der Waals surface area (Å²) in [5.74, 6) is -6.56. The molecule has 0 spiro atoms. The van der Waals surface area contributed by atoms with Crippen molar-refractivity contribution in [2.45, 2.75) is 18.1 Å². The van der Waals surface area contributed by atoms with Crippen LogP contribution in [0.15, 0.2) is 12.5 Å². The van der Waals surface area contributed by atoms with Crippen LogP contribution in [0.2, 0.25) is 0 Å². The lowest BCUT2D eigenvalue weighted by Crippen LogP contribution is -2.51. The van der Waals surface area contributed by atoms with Crippen LogP contribution in [0.1, 0.15) is 4.79 Å². The van der Waals surface area contributed by atoms with Gasteiger partial charge in [-0.3, -0.25) is 14.2 Å². The molecule has 0 saturated heterocycles. The maximum atomic E-state index is 14.1. The number of fused-ring (bicyclic) bond motifs is 1. The Kier molecular flexibility index (Phi) is 4.73. The number of hydrogen-bond donors (Lipinski definition) is 5. The van der Waals surface area contributed by atoms with Crippen LogP contribution >= 0.6 is 0 Å². The molecule has 0 saturated carbocycles. The molecule has 0 aliphatic rings. The molecule has 0 aromatic carbocycles. The van der Waals surface area contributed by atoms with Crippen molar-refractivity contribution in [1.29, 1.82) is 0 Å². The summed E-state index contributed by atoms with van der Waals surface area (Å²) >= 11 is 0. The minimum Gasteiger partial charge on any atom is -0.394 e. The van der Waals surface area contributed by atoms with E-state index in [0.717, 1.165) is 12.5 Å². The van der Waals surface area contributed by atoms with E-state index in [1.165, 1.54) is 0 Å². The van der Waals surface area contributed by atoms with Crippen molar-refractivity contribution >= 4 is 34.9 Å². The summed E-state index contributed by atoms with van der Waals surface area (Å²) in [5.41, 5.74) is 5.17. The number of rotatable bonds is 6. The van der Waals surface area contributed by atoms with Crippen molar-refractivity contribution in [1.82, 2.24) is 14.5 Å². The molecule has 0 bridgehead atoms. The summed E-state index contributed by atoms with van der Waals surface area (Å²) in [5, 5.41) is 29.3. The summed E-state index contributed by atoms with van der Waals surface area (Å²) in [6, 6.07) is 0. The smallest absolute Gasteiger partial charge is 0.353 e. The molecule has 2 aromatic heterocycles. The van der Waals surface area contributed by atoms with Crippen LogP contribution in [-0.2, 0) is 4.79 Å². The van der Waals surface area contributed by atoms with Gasteiger partial charge in [0.15, 0.2) is 11.8 Å². The fourth-order valence-electron chi connectivity index (χ4n) is 2.04. The minimum atomic E-state index is -4.45. The number of nitrogens with two attached hydrogens (primary N) is 1. The lowest BCUT2D eigenvalue weighted by Gasteiger charge is -2.24. The number of nitrogen functional groups attached to an aromatic ring is 1. The van der Waals surface area contributed by atoms with Crippen molar-refractivity contribution in [2.75, 3.05) is 17.7 Å². The largest absolute Gasteiger partial charge is 0.394 e. The molecule has 2 aromatic rings. The number of alkyl halides is 2. The number of nitrogens with one attached hydrogen (secondary N) is 1. The molecule has 24 heavy (non-hydrogen) atoms. The first-order chi connectivity index (χ1) is 11.3. The standard InChI is InChI=1S/C12H13F2N5O5/c13-12(14,8(23)6(22)2-20)11(24)19-1-5(18-4-21)7-9(15)16-3-17-10(7)19/h1,3-4,6,8,20,22-23H,2H2,(H,18,21)(H2,15,16,17)/t6-,8-/m1/s1. The molecule has 0 aliphatic carbocycles. The van der Waals surface area contributed by atoms with Gasteiger partial charge in [-0.1, -0.05) is 0 Å². The number of aromatic nitrogens is 3. The van der Waals surface area contributed by atoms with Crippen LogP contribution in [-0.4, -0.2) is 66.9 Å². The number of carbonyl (C=O) groups excluding carboxylic acids is 2. The molecule has 6 N–H and O–H groups in total. The van der Waals surface area contributed by atoms with Gasteiger partial charge < -0.3 is 26.4 Å². The van der Waals surface area contributed by atoms with Crippen molar-refractivity contribution in [2.24, 2.45) is 0 Å². The van der Waals surface area contributed by atoms with Gasteiger partial charge in [0.05, 0.1) is 17.7 Å². The number of anilines is 2. The molecule has 0 aliphatic heterocycles. The highest BCUT2D eigenvalue weighted by molar-refractivity contribution is 6.06. The number of nitrogens with zero attached hydrogens (tertiary/aromatic N) is 3. The third kappa shape index (κ3) is 2.77. The number of aliphatic hydroxyl groups excluding tert-OH is 3. The van der Waals surface area contributed by atoms with Gasteiger partial charge in [0.25, 0.3) is 0 Å². The summed E-state index contributed by atoms with van der Waals surface area (Å²) in [4.78, 5) is 30.0. The van der Waals surface area contributed by atoms with Gasteiger partial charge in [-0.15, -0.1) is 0 Å². The quantitative estimate of drug-likeness (QED) is 0.398. The zero-order valence-corrected chi connectivity index (χ0v) is 11.9. The third-order valence-corrected chi connectivity index (χ3v) is 3.25. The lowest BCUT2D eigenvalue weighted by atomic mass is 10.1. The number of halogens is 2. The van der Waals surface area contributed by atoms with Gasteiger partial charge in [0.1, 0.15) is 18.2 Å². The molecule has 12 heteroatoms. The Hall–Kier alpha value is -2.70. The maximum Gasteiger partial charge on any atom is 0.353 e. The normalized spacial score (nSPS) is 14.4. The lowest BCUT2D eigenvalue weighted by molar-refractivity contribution is -0.136. The van der Waals surface area contributed by atoms with E-state index in [1.807, 2.05) is 0 Å². The zero-order chi connectivity index (χ0) is 18.1. The number of carbonyl (C=O) groups is 2. The van der Waals surface area contributed by atoms with Crippen LogP contribution < -0.4 is 11.1 Å². The number of aliphatic hydroxyl groups is 3. The van der Waals surface area contributed by atoms with Gasteiger partial charge in [0, 0.05) is 6.20 Å². The van der Waals surface area contributed by atoms with Crippen molar-refractivity contribution < 1.29 is 33.7 Å². The highest BCUT2D eigenvalue weighted by Crippen LogP contribution is 2.31. The SMILES string of the molecule is Nc1ncnc2c1c(NC=O)cn2C(=O)C(F)(F)[C@H](O)[C@H](O)CO. The molecule has 2 atom stereocenters. The summed E-state index contributed by atoms with van der Waals surface area (Å²) in [6.07, 6.45) is -3.10. The maximum absolute atomic E-state index is 14.1. The highest BCUT2D eigenvalue weighted by Gasteiger charge is 2.51. The minimum absolute atomic E-state index is 0.0500. The monoisotopic (exact) mass is 345 g/mol. The van der Waals surface area contributed by atoms with Crippen LogP contribution in [0.3, 0.4) is 0 Å². The van der Waals surface area contributed by atoms with Crippen molar-refractivity contribution in [3.8, 4) is 0 Å². The Morgan fingerprint density at radius 3 is 2.71 bits per heavy atom. The van der Waals surface area contributed by atoms with Crippen LogP contribution in [0.4, 0.5) is 20.3 Å². The molecule has 10 nitrogen and oxygen atoms in total. The van der Waals surface area contributed by atoms with Gasteiger partial charge in [-0.25, -0.2) is 9.97 Å². The van der Waals surface area contributed by atoms with E-state index >= 15 is 0 Å². The molecule has 0 unspecified atom stereocenters. The van der Waals surface area contributed by atoms with E-state index in [4.69, 9.17) is 15.9 Å². The van der Waals surface area contributed by atoms with Gasteiger partial charge in [-0.05, 0) is 0 Å². The van der Waals surface area contributed by atoms with E-state index in [-0.39, 0.29) is 28.9 Å². The van der Waals surface area contributed by atoms with E-state index in [9.17, 15) is 23.5 Å². The fourth-order valence-corrected chi connectivity index (χ4v) is 2.04. The number of amides is 1. The Bertz CT molecular complexity index is 781. The van der Waals surface area contributed by atoms with Gasteiger partial charge >= 0.3 is 11.8 Å². The molecule has 1 amide bonds. The first-order valence-corrected chi connectivity index (χ1v) is 6.47. The van der Waals surface area contributed by atoms with E-state index in [0.29, 0.717) is 4.57 Å². The van der Waals surface area contributed by atoms with Crippen molar-refractivity contribution in [3.63, 3.8) is 0 Å². The second-order valence-electron chi connectivity index (χ2n) is 4.76. The van der Waals surface area contributed by atoms with Crippen LogP contribution in [0.5, 0.6) is 0 Å². The van der Waals surface area contributed by atoms with Crippen molar-refractivity contribution in [3.05, 3.63) is 12.5 Å². The fraction of sp³-hybridized carbons (Fsp3) is 0.333. The average molecular weight is 345 g/mol. The predicted octanol–water partition coefficient (Wildman–Crippen LogP) is -1.43. The average Bonchev–Trinajstić information content (AvgIpc) is 2.92. The molecule has 0 fully saturated rings. The van der Waals surface area contributed by atoms with E-state index in [1.54, 1.807) is 0 Å². The van der Waals surface area contributed by atoms with Gasteiger partial charge in [-0.2, -0.15) is 8.78 Å². The zero-order valence-electron chi connectivity index (χ0n) is 11.9. The van der Waals surface area contributed by atoms with E-state index in [2.05, 4.69) is 15.3 Å².